The molecule has 0 aliphatic carbocycles. The van der Waals surface area contributed by atoms with Crippen LogP contribution >= 0.6 is 0 Å². The number of aliphatic hydroxyl groups excluding tert-OH is 3. The average molecular weight is 594 g/mol. The zero-order valence-corrected chi connectivity index (χ0v) is 24.3. The molecule has 3 unspecified atom stereocenters. The van der Waals surface area contributed by atoms with Crippen LogP contribution in [0.5, 0.6) is 34.5 Å². The van der Waals surface area contributed by atoms with Gasteiger partial charge in [0, 0.05) is 18.2 Å². The van der Waals surface area contributed by atoms with Crippen LogP contribution in [0.2, 0.25) is 0 Å². The van der Waals surface area contributed by atoms with Gasteiger partial charge < -0.3 is 44.5 Å². The van der Waals surface area contributed by atoms with Gasteiger partial charge in [0.1, 0.15) is 54.3 Å². The first-order valence-corrected chi connectivity index (χ1v) is 13.6. The van der Waals surface area contributed by atoms with Crippen LogP contribution < -0.4 is 18.9 Å². The Morgan fingerprint density at radius 1 is 0.558 bits per heavy atom. The van der Waals surface area contributed by atoms with Gasteiger partial charge in [0.05, 0.1) is 42.1 Å². The highest BCUT2D eigenvalue weighted by atomic mass is 16.5. The van der Waals surface area contributed by atoms with Crippen molar-refractivity contribution in [2.24, 2.45) is 0 Å². The van der Waals surface area contributed by atoms with Crippen molar-refractivity contribution in [1.82, 2.24) is 15.0 Å². The first-order chi connectivity index (χ1) is 20.5. The van der Waals surface area contributed by atoms with Gasteiger partial charge in [0.2, 0.25) is 0 Å². The minimum Gasteiger partial charge on any atom is -0.507 e. The first-order valence-electron chi connectivity index (χ1n) is 13.6. The summed E-state index contributed by atoms with van der Waals surface area (Å²) in [6.45, 7) is 4.97. The maximum atomic E-state index is 10.9. The van der Waals surface area contributed by atoms with E-state index in [1.807, 2.05) is 0 Å². The molecule has 12 heteroatoms. The van der Waals surface area contributed by atoms with Crippen molar-refractivity contribution in [1.29, 1.82) is 0 Å². The van der Waals surface area contributed by atoms with Gasteiger partial charge in [-0.25, -0.2) is 15.0 Å². The zero-order valence-electron chi connectivity index (χ0n) is 24.3. The number of rotatable bonds is 13. The number of methoxy groups -OCH3 is 1. The molecule has 0 aliphatic heterocycles. The number of aromatic hydroxyl groups is 2. The summed E-state index contributed by atoms with van der Waals surface area (Å²) in [6.07, 6.45) is -2.04. The summed E-state index contributed by atoms with van der Waals surface area (Å²) in [6, 6.07) is 14.2. The molecule has 0 spiro atoms. The van der Waals surface area contributed by atoms with Crippen LogP contribution in [0.4, 0.5) is 0 Å². The van der Waals surface area contributed by atoms with E-state index in [9.17, 15) is 25.5 Å². The highest BCUT2D eigenvalue weighted by molar-refractivity contribution is 5.74. The van der Waals surface area contributed by atoms with Gasteiger partial charge in [-0.1, -0.05) is 0 Å². The van der Waals surface area contributed by atoms with E-state index in [1.54, 1.807) is 63.2 Å². The van der Waals surface area contributed by atoms with E-state index >= 15 is 0 Å². The molecule has 0 bridgehead atoms. The molecular weight excluding hydrogens is 558 g/mol. The van der Waals surface area contributed by atoms with E-state index < -0.39 is 18.3 Å². The molecule has 5 N–H and O–H groups in total. The number of hydrogen-bond donors (Lipinski definition) is 5. The maximum Gasteiger partial charge on any atom is 0.167 e. The lowest BCUT2D eigenvalue weighted by atomic mass is 10.1. The summed E-state index contributed by atoms with van der Waals surface area (Å²) >= 11 is 0. The van der Waals surface area contributed by atoms with Gasteiger partial charge in [-0.2, -0.15) is 0 Å². The van der Waals surface area contributed by atoms with E-state index in [2.05, 4.69) is 15.0 Å². The van der Waals surface area contributed by atoms with Crippen LogP contribution in [-0.2, 0) is 0 Å². The Hall–Kier alpha value is -4.65. The van der Waals surface area contributed by atoms with Crippen LogP contribution in [0.15, 0.2) is 54.6 Å². The molecule has 3 atom stereocenters. The Labute approximate surface area is 248 Å². The quantitative estimate of drug-likeness (QED) is 0.153. The predicted octanol–water partition coefficient (Wildman–Crippen LogP) is 3.57. The summed E-state index contributed by atoms with van der Waals surface area (Å²) in [5.74, 6) is 1.57. The van der Waals surface area contributed by atoms with Gasteiger partial charge in [-0.15, -0.1) is 0 Å². The van der Waals surface area contributed by atoms with Gasteiger partial charge in [0.25, 0.3) is 0 Å². The van der Waals surface area contributed by atoms with Crippen molar-refractivity contribution in [2.75, 3.05) is 26.9 Å². The average Bonchev–Trinajstić information content (AvgIpc) is 2.97. The molecule has 1 aromatic heterocycles. The molecule has 0 radical (unpaired) electrons. The first kappa shape index (κ1) is 31.3. The summed E-state index contributed by atoms with van der Waals surface area (Å²) < 4.78 is 22.2. The SMILES string of the molecule is COc1cc(OCC(C)O)ccc1-c1nc(-c2ccc(OCC(C)O)cc2O)nc(-c2ccc(OCC(C)O)cc2O)n1. The zero-order chi connectivity index (χ0) is 31.1. The van der Waals surface area contributed by atoms with Crippen LogP contribution in [0.3, 0.4) is 0 Å². The molecular formula is C31H35N3O9. The molecule has 12 nitrogen and oxygen atoms in total. The highest BCUT2D eigenvalue weighted by Gasteiger charge is 2.20. The van der Waals surface area contributed by atoms with E-state index in [4.69, 9.17) is 18.9 Å². The Morgan fingerprint density at radius 2 is 0.907 bits per heavy atom. The predicted molar refractivity (Wildman–Crippen MR) is 158 cm³/mol. The lowest BCUT2D eigenvalue weighted by molar-refractivity contribution is 0.122. The summed E-state index contributed by atoms with van der Waals surface area (Å²) in [5, 5.41) is 50.4. The fraction of sp³-hybridized carbons (Fsp3) is 0.323. The van der Waals surface area contributed by atoms with Gasteiger partial charge in [0.15, 0.2) is 17.5 Å². The standard InChI is InChI=1S/C31H35N3O9/c1-17(35)14-41-20-5-8-23(26(38)11-20)29-32-30(24-9-6-21(12-27(24)39)42-15-18(2)36)34-31(33-29)25-10-7-22(13-28(25)40-4)43-16-19(3)37/h5-13,17-19,35-39H,14-16H2,1-4H3. The van der Waals surface area contributed by atoms with Gasteiger partial charge in [-0.05, 0) is 57.2 Å². The van der Waals surface area contributed by atoms with Gasteiger partial charge >= 0.3 is 0 Å². The lowest BCUT2D eigenvalue weighted by Crippen LogP contribution is -2.12. The number of phenolic OH excluding ortho intramolecular Hbond substituents is 2. The Bertz CT molecular complexity index is 1460. The summed E-state index contributed by atoms with van der Waals surface area (Å²) in [7, 11) is 1.48. The second-order valence-electron chi connectivity index (χ2n) is 10.0. The number of aromatic nitrogens is 3. The van der Waals surface area contributed by atoms with Crippen molar-refractivity contribution >= 4 is 0 Å². The summed E-state index contributed by atoms with van der Waals surface area (Å²) in [5.41, 5.74) is 1.01. The van der Waals surface area contributed by atoms with Crippen molar-refractivity contribution in [2.45, 2.75) is 39.1 Å². The largest absolute Gasteiger partial charge is 0.507 e. The molecule has 1 heterocycles. The second kappa shape index (κ2) is 14.0. The van der Waals surface area contributed by atoms with Crippen LogP contribution in [0.25, 0.3) is 34.2 Å². The fourth-order valence-corrected chi connectivity index (χ4v) is 3.91. The smallest absolute Gasteiger partial charge is 0.167 e. The molecule has 4 aromatic rings. The third kappa shape index (κ3) is 8.22. The number of ether oxygens (including phenoxy) is 4. The Kier molecular flexibility index (Phi) is 10.2. The highest BCUT2D eigenvalue weighted by Crippen LogP contribution is 2.38. The molecule has 0 fully saturated rings. The number of aliphatic hydroxyl groups is 3. The maximum absolute atomic E-state index is 10.9. The summed E-state index contributed by atoms with van der Waals surface area (Å²) in [4.78, 5) is 13.8. The number of benzene rings is 3. The third-order valence-corrected chi connectivity index (χ3v) is 5.94. The topological polar surface area (TPSA) is 177 Å². The molecule has 4 rings (SSSR count). The van der Waals surface area contributed by atoms with Gasteiger partial charge in [-0.3, -0.25) is 0 Å². The second-order valence-corrected chi connectivity index (χ2v) is 10.0. The van der Waals surface area contributed by atoms with Crippen LogP contribution in [-0.4, -0.2) is 85.7 Å². The normalized spacial score (nSPS) is 13.2. The van der Waals surface area contributed by atoms with E-state index in [0.717, 1.165) is 0 Å². The molecule has 43 heavy (non-hydrogen) atoms. The van der Waals surface area contributed by atoms with E-state index in [1.165, 1.54) is 19.2 Å². The number of hydrogen-bond acceptors (Lipinski definition) is 12. The van der Waals surface area contributed by atoms with Crippen molar-refractivity contribution in [3.63, 3.8) is 0 Å². The molecule has 3 aromatic carbocycles. The van der Waals surface area contributed by atoms with Crippen molar-refractivity contribution in [3.8, 4) is 68.7 Å². The van der Waals surface area contributed by atoms with Crippen molar-refractivity contribution in [3.05, 3.63) is 54.6 Å². The minimum absolute atomic E-state index is 0.0474. The minimum atomic E-state index is -0.689. The molecule has 0 saturated carbocycles. The van der Waals surface area contributed by atoms with E-state index in [0.29, 0.717) is 28.6 Å². The number of phenols is 2. The van der Waals surface area contributed by atoms with E-state index in [-0.39, 0.29) is 59.9 Å². The lowest BCUT2D eigenvalue weighted by Gasteiger charge is -2.15. The fourth-order valence-electron chi connectivity index (χ4n) is 3.91. The molecule has 0 amide bonds. The molecule has 228 valence electrons. The molecule has 0 saturated heterocycles. The van der Waals surface area contributed by atoms with Crippen LogP contribution in [0.1, 0.15) is 20.8 Å². The van der Waals surface area contributed by atoms with Crippen molar-refractivity contribution < 1.29 is 44.5 Å². The Morgan fingerprint density at radius 3 is 1.26 bits per heavy atom. The van der Waals surface area contributed by atoms with Crippen LogP contribution in [0, 0.1) is 0 Å². The number of nitrogens with zero attached hydrogens (tertiary/aromatic N) is 3. The Balaban J connectivity index is 1.82. The molecule has 0 aliphatic rings. The monoisotopic (exact) mass is 593 g/mol. The third-order valence-electron chi connectivity index (χ3n) is 5.94.